The summed E-state index contributed by atoms with van der Waals surface area (Å²) >= 11 is 0. The molecule has 1 aliphatic heterocycles. The Labute approximate surface area is 155 Å². The Morgan fingerprint density at radius 3 is 2.52 bits per heavy atom. The van der Waals surface area contributed by atoms with Gasteiger partial charge in [-0.15, -0.1) is 0 Å². The topological polar surface area (TPSA) is 137 Å². The second-order valence-corrected chi connectivity index (χ2v) is 6.64. The number of hydrogen-bond donors (Lipinski definition) is 5. The molecular formula is C19H22O8. The molecule has 0 unspecified atom stereocenters. The lowest BCUT2D eigenvalue weighted by molar-refractivity contribution is -0.277. The Bertz CT molecular complexity index is 862. The minimum absolute atomic E-state index is 0.122. The molecule has 1 aliphatic rings. The van der Waals surface area contributed by atoms with Gasteiger partial charge in [0.2, 0.25) is 6.29 Å². The average molecular weight is 378 g/mol. The molecule has 1 fully saturated rings. The molecule has 0 radical (unpaired) electrons. The molecule has 0 spiro atoms. The van der Waals surface area contributed by atoms with Crippen LogP contribution in [0.2, 0.25) is 0 Å². The normalized spacial score (nSPS) is 28.3. The van der Waals surface area contributed by atoms with Crippen LogP contribution in [-0.4, -0.2) is 68.6 Å². The predicted molar refractivity (Wildman–Crippen MR) is 94.7 cm³/mol. The standard InChI is InChI=1S/C19H22O8/c1-8-6-10-4-3-5-11(14(10)16(23)13(8)9(2)21)26-19-18(25)17(24)15(22)12(7-20)27-19/h3-6,12,15,17-20,22-25H,7H2,1-2H3/t12-,15-,17-,18-,19-/m1/s1. The van der Waals surface area contributed by atoms with Crippen LogP contribution < -0.4 is 4.74 Å². The van der Waals surface area contributed by atoms with E-state index in [0.717, 1.165) is 0 Å². The number of hydrogen-bond acceptors (Lipinski definition) is 8. The number of phenolic OH excluding ortho intramolecular Hbond substituents is 1. The third-order valence-corrected chi connectivity index (χ3v) is 4.74. The van der Waals surface area contributed by atoms with Gasteiger partial charge in [0, 0.05) is 0 Å². The molecule has 0 saturated carbocycles. The van der Waals surface area contributed by atoms with Crippen LogP contribution in [0.25, 0.3) is 10.8 Å². The van der Waals surface area contributed by atoms with Crippen LogP contribution in [0.1, 0.15) is 22.8 Å². The molecule has 0 aromatic heterocycles. The van der Waals surface area contributed by atoms with Crippen LogP contribution in [0.5, 0.6) is 11.5 Å². The Morgan fingerprint density at radius 2 is 1.89 bits per heavy atom. The van der Waals surface area contributed by atoms with Crippen molar-refractivity contribution in [3.05, 3.63) is 35.4 Å². The zero-order chi connectivity index (χ0) is 19.9. The van der Waals surface area contributed by atoms with Gasteiger partial charge in [-0.25, -0.2) is 0 Å². The van der Waals surface area contributed by atoms with Gasteiger partial charge in [0.1, 0.15) is 35.9 Å². The largest absolute Gasteiger partial charge is 0.506 e. The average Bonchev–Trinajstić information content (AvgIpc) is 2.61. The lowest BCUT2D eigenvalue weighted by atomic mass is 9.97. The van der Waals surface area contributed by atoms with Gasteiger partial charge in [-0.2, -0.15) is 0 Å². The molecule has 1 heterocycles. The molecule has 0 amide bonds. The summed E-state index contributed by atoms with van der Waals surface area (Å²) in [6, 6.07) is 6.63. The molecule has 5 N–H and O–H groups in total. The number of aliphatic hydroxyl groups is 4. The number of ether oxygens (including phenoxy) is 2. The SMILES string of the molecule is CC(=O)c1c(C)cc2cccc(O[C@@H]3O[C@H](CO)[C@@H](O)[C@@H](O)[C@H]3O)c2c1O. The number of rotatable bonds is 4. The minimum atomic E-state index is -1.59. The molecule has 1 saturated heterocycles. The summed E-state index contributed by atoms with van der Waals surface area (Å²) in [4.78, 5) is 11.9. The Hall–Kier alpha value is -2.23. The smallest absolute Gasteiger partial charge is 0.229 e. The van der Waals surface area contributed by atoms with Crippen molar-refractivity contribution in [1.29, 1.82) is 0 Å². The number of benzene rings is 2. The maximum absolute atomic E-state index is 11.9. The second-order valence-electron chi connectivity index (χ2n) is 6.64. The number of aryl methyl sites for hydroxylation is 1. The fraction of sp³-hybridized carbons (Fsp3) is 0.421. The Balaban J connectivity index is 2.04. The van der Waals surface area contributed by atoms with Crippen molar-refractivity contribution < 1.29 is 39.8 Å². The molecule has 0 aliphatic carbocycles. The minimum Gasteiger partial charge on any atom is -0.506 e. The Kier molecular flexibility index (Phi) is 5.36. The van der Waals surface area contributed by atoms with Crippen molar-refractivity contribution in [3.63, 3.8) is 0 Å². The fourth-order valence-electron chi connectivity index (χ4n) is 3.37. The molecule has 5 atom stereocenters. The zero-order valence-corrected chi connectivity index (χ0v) is 14.9. The van der Waals surface area contributed by atoms with E-state index in [2.05, 4.69) is 0 Å². The number of aliphatic hydroxyl groups excluding tert-OH is 4. The Morgan fingerprint density at radius 1 is 1.19 bits per heavy atom. The van der Waals surface area contributed by atoms with E-state index in [1.807, 2.05) is 0 Å². The van der Waals surface area contributed by atoms with E-state index >= 15 is 0 Å². The van der Waals surface area contributed by atoms with Crippen molar-refractivity contribution in [3.8, 4) is 11.5 Å². The van der Waals surface area contributed by atoms with Crippen molar-refractivity contribution in [2.75, 3.05) is 6.61 Å². The van der Waals surface area contributed by atoms with Crippen molar-refractivity contribution >= 4 is 16.6 Å². The highest BCUT2D eigenvalue weighted by molar-refractivity contribution is 6.06. The van der Waals surface area contributed by atoms with E-state index in [4.69, 9.17) is 9.47 Å². The fourth-order valence-corrected chi connectivity index (χ4v) is 3.37. The number of carbonyl (C=O) groups excluding carboxylic acids is 1. The van der Waals surface area contributed by atoms with Gasteiger partial charge in [-0.1, -0.05) is 18.2 Å². The summed E-state index contributed by atoms with van der Waals surface area (Å²) in [6.45, 7) is 2.47. The highest BCUT2D eigenvalue weighted by Crippen LogP contribution is 2.39. The predicted octanol–water partition coefficient (Wildman–Crippen LogP) is 0.235. The summed E-state index contributed by atoms with van der Waals surface area (Å²) in [5.74, 6) is -0.441. The lowest BCUT2D eigenvalue weighted by Crippen LogP contribution is -2.60. The molecule has 146 valence electrons. The third-order valence-electron chi connectivity index (χ3n) is 4.74. The van der Waals surface area contributed by atoms with E-state index in [0.29, 0.717) is 10.9 Å². The van der Waals surface area contributed by atoms with Crippen LogP contribution >= 0.6 is 0 Å². The van der Waals surface area contributed by atoms with Gasteiger partial charge in [0.25, 0.3) is 0 Å². The van der Waals surface area contributed by atoms with Gasteiger partial charge in [0.15, 0.2) is 5.78 Å². The summed E-state index contributed by atoms with van der Waals surface area (Å²) in [5, 5.41) is 50.7. The van der Waals surface area contributed by atoms with Crippen LogP contribution in [0.3, 0.4) is 0 Å². The van der Waals surface area contributed by atoms with Gasteiger partial charge in [-0.05, 0) is 30.9 Å². The first-order valence-electron chi connectivity index (χ1n) is 8.49. The summed E-state index contributed by atoms with van der Waals surface area (Å²) in [5.41, 5.74) is 0.768. The van der Waals surface area contributed by atoms with Crippen LogP contribution in [-0.2, 0) is 4.74 Å². The summed E-state index contributed by atoms with van der Waals surface area (Å²) < 4.78 is 11.0. The van der Waals surface area contributed by atoms with Crippen molar-refractivity contribution in [2.45, 2.75) is 44.6 Å². The molecule has 2 aromatic rings. The van der Waals surface area contributed by atoms with E-state index in [-0.39, 0.29) is 28.2 Å². The number of ketones is 1. The third kappa shape index (κ3) is 3.38. The van der Waals surface area contributed by atoms with Crippen LogP contribution in [0, 0.1) is 6.92 Å². The van der Waals surface area contributed by atoms with Gasteiger partial charge in [0.05, 0.1) is 17.6 Å². The molecule has 0 bridgehead atoms. The number of carbonyl (C=O) groups is 1. The summed E-state index contributed by atoms with van der Waals surface area (Å²) in [7, 11) is 0. The van der Waals surface area contributed by atoms with E-state index in [9.17, 15) is 30.3 Å². The van der Waals surface area contributed by atoms with E-state index in [1.54, 1.807) is 25.1 Å². The number of Topliss-reactive ketones (excluding diaryl/α,β-unsaturated/α-hetero) is 1. The molecule has 27 heavy (non-hydrogen) atoms. The second kappa shape index (κ2) is 7.41. The highest BCUT2D eigenvalue weighted by Gasteiger charge is 2.44. The molecule has 3 rings (SSSR count). The van der Waals surface area contributed by atoms with Crippen molar-refractivity contribution in [2.24, 2.45) is 0 Å². The van der Waals surface area contributed by atoms with Gasteiger partial charge >= 0.3 is 0 Å². The molecule has 2 aromatic carbocycles. The number of fused-ring (bicyclic) bond motifs is 1. The first-order valence-corrected chi connectivity index (χ1v) is 8.49. The summed E-state index contributed by atoms with van der Waals surface area (Å²) in [6.07, 6.45) is -7.19. The van der Waals surface area contributed by atoms with E-state index < -0.39 is 37.3 Å². The van der Waals surface area contributed by atoms with Crippen LogP contribution in [0.15, 0.2) is 24.3 Å². The van der Waals surface area contributed by atoms with Gasteiger partial charge in [-0.3, -0.25) is 4.79 Å². The number of phenols is 1. The maximum atomic E-state index is 11.9. The van der Waals surface area contributed by atoms with E-state index in [1.165, 1.54) is 13.0 Å². The van der Waals surface area contributed by atoms with Gasteiger partial charge < -0.3 is 35.0 Å². The van der Waals surface area contributed by atoms with Crippen molar-refractivity contribution in [1.82, 2.24) is 0 Å². The molecular weight excluding hydrogens is 356 g/mol. The number of aromatic hydroxyl groups is 1. The zero-order valence-electron chi connectivity index (χ0n) is 14.9. The quantitative estimate of drug-likeness (QED) is 0.477. The maximum Gasteiger partial charge on any atom is 0.229 e. The van der Waals surface area contributed by atoms with Crippen LogP contribution in [0.4, 0.5) is 0 Å². The first kappa shape index (κ1) is 19.5. The highest BCUT2D eigenvalue weighted by atomic mass is 16.7. The first-order chi connectivity index (χ1) is 12.8. The monoisotopic (exact) mass is 378 g/mol. The molecule has 8 nitrogen and oxygen atoms in total. The molecule has 8 heteroatoms. The lowest BCUT2D eigenvalue weighted by Gasteiger charge is -2.39.